The van der Waals surface area contributed by atoms with E-state index in [0.717, 1.165) is 4.90 Å². The summed E-state index contributed by atoms with van der Waals surface area (Å²) in [7, 11) is 0. The van der Waals surface area contributed by atoms with Crippen molar-refractivity contribution in [3.05, 3.63) is 35.4 Å². The molecule has 1 aliphatic heterocycles. The highest BCUT2D eigenvalue weighted by atomic mass is 16.2. The highest BCUT2D eigenvalue weighted by Gasteiger charge is 2.44. The van der Waals surface area contributed by atoms with Gasteiger partial charge in [-0.25, -0.2) is 0 Å². The molecule has 0 saturated heterocycles. The molecule has 5 nitrogen and oxygen atoms in total. The second kappa shape index (κ2) is 6.94. The van der Waals surface area contributed by atoms with Gasteiger partial charge in [0.25, 0.3) is 11.8 Å². The van der Waals surface area contributed by atoms with Crippen LogP contribution in [0, 0.1) is 11.8 Å². The van der Waals surface area contributed by atoms with Crippen LogP contribution in [0.2, 0.25) is 0 Å². The molecular weight excluding hydrogens is 292 g/mol. The average molecular weight is 316 g/mol. The molecule has 124 valence electrons. The van der Waals surface area contributed by atoms with Gasteiger partial charge in [-0.15, -0.1) is 0 Å². The number of imide groups is 1. The van der Waals surface area contributed by atoms with Crippen LogP contribution in [0.25, 0.3) is 0 Å². The van der Waals surface area contributed by atoms with Gasteiger partial charge < -0.3 is 5.32 Å². The zero-order chi connectivity index (χ0) is 17.1. The third-order valence-corrected chi connectivity index (χ3v) is 4.24. The first-order valence-electron chi connectivity index (χ1n) is 8.13. The molecule has 1 heterocycles. The number of rotatable bonds is 6. The lowest BCUT2D eigenvalue weighted by Crippen LogP contribution is -2.53. The van der Waals surface area contributed by atoms with Crippen molar-refractivity contribution in [2.45, 2.75) is 40.2 Å². The van der Waals surface area contributed by atoms with Gasteiger partial charge >= 0.3 is 0 Å². The molecule has 3 amide bonds. The van der Waals surface area contributed by atoms with E-state index in [1.54, 1.807) is 24.3 Å². The lowest BCUT2D eigenvalue weighted by atomic mass is 9.96. The Labute approximate surface area is 137 Å². The first-order valence-corrected chi connectivity index (χ1v) is 8.13. The van der Waals surface area contributed by atoms with Crippen LogP contribution in [0.4, 0.5) is 0 Å². The number of benzene rings is 1. The van der Waals surface area contributed by atoms with Gasteiger partial charge in [-0.05, 0) is 24.0 Å². The van der Waals surface area contributed by atoms with Gasteiger partial charge in [0.2, 0.25) is 5.91 Å². The molecule has 0 aromatic heterocycles. The van der Waals surface area contributed by atoms with E-state index in [1.165, 1.54) is 0 Å². The average Bonchev–Trinajstić information content (AvgIpc) is 2.78. The van der Waals surface area contributed by atoms with Crippen LogP contribution in [0.1, 0.15) is 54.8 Å². The van der Waals surface area contributed by atoms with Gasteiger partial charge in [0, 0.05) is 6.54 Å². The van der Waals surface area contributed by atoms with E-state index in [1.807, 2.05) is 27.7 Å². The number of nitrogens with zero attached hydrogens (tertiary/aromatic N) is 1. The molecule has 5 heteroatoms. The van der Waals surface area contributed by atoms with E-state index in [4.69, 9.17) is 0 Å². The normalized spacial score (nSPS) is 16.5. The molecule has 0 fully saturated rings. The smallest absolute Gasteiger partial charge is 0.262 e. The van der Waals surface area contributed by atoms with E-state index in [9.17, 15) is 14.4 Å². The maximum Gasteiger partial charge on any atom is 0.262 e. The summed E-state index contributed by atoms with van der Waals surface area (Å²) >= 11 is 0. The fraction of sp³-hybridized carbons (Fsp3) is 0.500. The largest absolute Gasteiger partial charge is 0.354 e. The number of amides is 3. The summed E-state index contributed by atoms with van der Waals surface area (Å²) in [5.74, 6) is -0.822. The lowest BCUT2D eigenvalue weighted by molar-refractivity contribution is -0.126. The predicted octanol–water partition coefficient (Wildman–Crippen LogP) is 2.47. The van der Waals surface area contributed by atoms with Crippen molar-refractivity contribution in [2.24, 2.45) is 11.8 Å². The quantitative estimate of drug-likeness (QED) is 0.820. The van der Waals surface area contributed by atoms with Crippen LogP contribution < -0.4 is 5.32 Å². The molecule has 1 N–H and O–H groups in total. The molecule has 0 radical (unpaired) electrons. The molecule has 2 unspecified atom stereocenters. The zero-order valence-corrected chi connectivity index (χ0v) is 14.1. The topological polar surface area (TPSA) is 66.5 Å². The van der Waals surface area contributed by atoms with Crippen LogP contribution in [0.3, 0.4) is 0 Å². The molecule has 1 aliphatic rings. The van der Waals surface area contributed by atoms with Crippen molar-refractivity contribution in [3.8, 4) is 0 Å². The first kappa shape index (κ1) is 17.2. The second-order valence-electron chi connectivity index (χ2n) is 6.50. The van der Waals surface area contributed by atoms with Crippen molar-refractivity contribution in [1.82, 2.24) is 10.2 Å². The van der Waals surface area contributed by atoms with Gasteiger partial charge in [0.1, 0.15) is 6.04 Å². The standard InChI is InChI=1S/C18H24N2O3/c1-5-12(4)15(16(21)19-10-11(2)3)20-17(22)13-8-6-7-9-14(13)18(20)23/h6-9,11-12,15H,5,10H2,1-4H3,(H,19,21). The zero-order valence-electron chi connectivity index (χ0n) is 14.1. The van der Waals surface area contributed by atoms with E-state index in [0.29, 0.717) is 30.0 Å². The van der Waals surface area contributed by atoms with Crippen molar-refractivity contribution in [2.75, 3.05) is 6.54 Å². The van der Waals surface area contributed by atoms with Gasteiger partial charge in [-0.2, -0.15) is 0 Å². The van der Waals surface area contributed by atoms with E-state index < -0.39 is 6.04 Å². The second-order valence-corrected chi connectivity index (χ2v) is 6.50. The van der Waals surface area contributed by atoms with Crippen LogP contribution in [0.15, 0.2) is 24.3 Å². The molecular formula is C18H24N2O3. The Morgan fingerprint density at radius 2 is 1.61 bits per heavy atom. The number of hydrogen-bond acceptors (Lipinski definition) is 3. The molecule has 0 saturated carbocycles. The molecule has 2 atom stereocenters. The number of hydrogen-bond donors (Lipinski definition) is 1. The van der Waals surface area contributed by atoms with E-state index in [2.05, 4.69) is 5.32 Å². The molecule has 1 aromatic carbocycles. The molecule has 0 aliphatic carbocycles. The minimum atomic E-state index is -0.772. The van der Waals surface area contributed by atoms with Crippen molar-refractivity contribution in [3.63, 3.8) is 0 Å². The molecule has 1 aromatic rings. The van der Waals surface area contributed by atoms with E-state index >= 15 is 0 Å². The Bertz CT molecular complexity index is 589. The maximum absolute atomic E-state index is 12.6. The fourth-order valence-electron chi connectivity index (χ4n) is 2.72. The SMILES string of the molecule is CCC(C)C(C(=O)NCC(C)C)N1C(=O)c2ccccc2C1=O. The number of carbonyl (C=O) groups is 3. The van der Waals surface area contributed by atoms with Crippen molar-refractivity contribution in [1.29, 1.82) is 0 Å². The molecule has 0 bridgehead atoms. The van der Waals surface area contributed by atoms with Crippen LogP contribution >= 0.6 is 0 Å². The summed E-state index contributed by atoms with van der Waals surface area (Å²) in [4.78, 5) is 39.0. The van der Waals surface area contributed by atoms with Gasteiger partial charge in [0.05, 0.1) is 11.1 Å². The minimum absolute atomic E-state index is 0.107. The van der Waals surface area contributed by atoms with Crippen LogP contribution in [-0.4, -0.2) is 35.2 Å². The Hall–Kier alpha value is -2.17. The van der Waals surface area contributed by atoms with Gasteiger partial charge in [0.15, 0.2) is 0 Å². The molecule has 0 spiro atoms. The summed E-state index contributed by atoms with van der Waals surface area (Å²) < 4.78 is 0. The predicted molar refractivity (Wildman–Crippen MR) is 88.0 cm³/mol. The Balaban J connectivity index is 2.32. The van der Waals surface area contributed by atoms with Crippen LogP contribution in [0.5, 0.6) is 0 Å². The number of carbonyl (C=O) groups excluding carboxylic acids is 3. The highest BCUT2D eigenvalue weighted by molar-refractivity contribution is 6.22. The third kappa shape index (κ3) is 3.28. The number of nitrogens with one attached hydrogen (secondary N) is 1. The summed E-state index contributed by atoms with van der Waals surface area (Å²) in [6, 6.07) is 5.95. The number of fused-ring (bicyclic) bond motifs is 1. The Morgan fingerprint density at radius 3 is 2.04 bits per heavy atom. The summed E-state index contributed by atoms with van der Waals surface area (Å²) in [5, 5.41) is 2.86. The summed E-state index contributed by atoms with van der Waals surface area (Å²) in [6.07, 6.45) is 0.702. The van der Waals surface area contributed by atoms with Gasteiger partial charge in [-0.1, -0.05) is 46.2 Å². The third-order valence-electron chi connectivity index (χ3n) is 4.24. The van der Waals surface area contributed by atoms with Crippen molar-refractivity contribution >= 4 is 17.7 Å². The van der Waals surface area contributed by atoms with Gasteiger partial charge in [-0.3, -0.25) is 19.3 Å². The lowest BCUT2D eigenvalue weighted by Gasteiger charge is -2.30. The van der Waals surface area contributed by atoms with Crippen LogP contribution in [-0.2, 0) is 4.79 Å². The monoisotopic (exact) mass is 316 g/mol. The maximum atomic E-state index is 12.6. The summed E-state index contributed by atoms with van der Waals surface area (Å²) in [6.45, 7) is 8.37. The molecule has 23 heavy (non-hydrogen) atoms. The first-order chi connectivity index (χ1) is 10.9. The van der Waals surface area contributed by atoms with E-state index in [-0.39, 0.29) is 23.6 Å². The fourth-order valence-corrected chi connectivity index (χ4v) is 2.72. The Kier molecular flexibility index (Phi) is 5.19. The highest BCUT2D eigenvalue weighted by Crippen LogP contribution is 2.28. The Morgan fingerprint density at radius 1 is 1.09 bits per heavy atom. The molecule has 2 rings (SSSR count). The minimum Gasteiger partial charge on any atom is -0.354 e. The summed E-state index contributed by atoms with van der Waals surface area (Å²) in [5.41, 5.74) is 0.755. The van der Waals surface area contributed by atoms with Crippen molar-refractivity contribution < 1.29 is 14.4 Å².